The highest BCUT2D eigenvalue weighted by atomic mass is 19.1. The number of hydrogen-bond acceptors (Lipinski definition) is 5. The average molecular weight is 191 g/mol. The normalized spacial score (nSPS) is 10.1. The van der Waals surface area contributed by atoms with Gasteiger partial charge in [-0.2, -0.15) is 8.78 Å². The lowest BCUT2D eigenvalue weighted by atomic mass is 10.6. The lowest BCUT2D eigenvalue weighted by molar-refractivity contribution is 0.138. The Kier molecular flexibility index (Phi) is 3.44. The molecule has 0 aromatic carbocycles. The van der Waals surface area contributed by atoms with Gasteiger partial charge in [0.15, 0.2) is 0 Å². The fraction of sp³-hybridized carbons (Fsp3) is 0.500. The fourth-order valence-corrected chi connectivity index (χ4v) is 0.623. The summed E-state index contributed by atoms with van der Waals surface area (Å²) in [6.45, 7) is 0.249. The largest absolute Gasteiger partial charge is 0.483 e. The Labute approximate surface area is 72.7 Å². The molecule has 0 amide bonds. The first-order valence-electron chi connectivity index (χ1n) is 3.41. The van der Waals surface area contributed by atoms with Crippen LogP contribution in [0, 0.1) is 11.9 Å². The Hall–Kier alpha value is -1.37. The van der Waals surface area contributed by atoms with Gasteiger partial charge in [0.25, 0.3) is 11.9 Å². The summed E-state index contributed by atoms with van der Waals surface area (Å²) >= 11 is 0. The monoisotopic (exact) mass is 191 g/mol. The summed E-state index contributed by atoms with van der Waals surface area (Å²) in [7, 11) is 1.44. The van der Waals surface area contributed by atoms with Crippen molar-refractivity contribution in [1.29, 1.82) is 0 Å². The van der Waals surface area contributed by atoms with Gasteiger partial charge in [-0.1, -0.05) is 10.2 Å². The van der Waals surface area contributed by atoms with Gasteiger partial charge in [0, 0.05) is 7.11 Å². The molecule has 0 aliphatic heterocycles. The Bertz CT molecular complexity index is 264. The molecule has 5 nitrogen and oxygen atoms in total. The number of rotatable bonds is 4. The van der Waals surface area contributed by atoms with Crippen LogP contribution in [0.15, 0.2) is 0 Å². The van der Waals surface area contributed by atoms with Gasteiger partial charge in [0.05, 0.1) is 6.61 Å². The molecule has 1 heterocycles. The van der Waals surface area contributed by atoms with E-state index in [0.717, 1.165) is 0 Å². The quantitative estimate of drug-likeness (QED) is 0.635. The van der Waals surface area contributed by atoms with Crippen molar-refractivity contribution in [3.05, 3.63) is 11.9 Å². The summed E-state index contributed by atoms with van der Waals surface area (Å²) in [5.74, 6) is -2.88. The summed E-state index contributed by atoms with van der Waals surface area (Å²) in [5.41, 5.74) is 0. The van der Waals surface area contributed by atoms with E-state index in [4.69, 9.17) is 0 Å². The van der Waals surface area contributed by atoms with Crippen LogP contribution in [0.5, 0.6) is 5.75 Å². The van der Waals surface area contributed by atoms with Crippen molar-refractivity contribution in [3.63, 3.8) is 0 Å². The lowest BCUT2D eigenvalue weighted by Crippen LogP contribution is -2.09. The van der Waals surface area contributed by atoms with Crippen LogP contribution in [0.3, 0.4) is 0 Å². The number of ether oxygens (including phenoxy) is 2. The molecule has 0 aliphatic rings. The third-order valence-electron chi connectivity index (χ3n) is 1.17. The molecule has 0 unspecified atom stereocenters. The van der Waals surface area contributed by atoms with Gasteiger partial charge in [-0.25, -0.2) is 0 Å². The van der Waals surface area contributed by atoms with Crippen molar-refractivity contribution in [3.8, 4) is 5.75 Å². The molecule has 7 heteroatoms. The predicted octanol–water partition coefficient (Wildman–Crippen LogP) is 0.175. The zero-order chi connectivity index (χ0) is 9.68. The smallest absolute Gasteiger partial charge is 0.281 e. The minimum Gasteiger partial charge on any atom is -0.483 e. The summed E-state index contributed by atoms with van der Waals surface area (Å²) in [6.07, 6.45) is 0. The summed E-state index contributed by atoms with van der Waals surface area (Å²) in [6, 6.07) is 0. The average Bonchev–Trinajstić information content (AvgIpc) is 2.10. The van der Waals surface area contributed by atoms with Gasteiger partial charge >= 0.3 is 0 Å². The molecular formula is C6H7F2N3O2. The number of nitrogens with zero attached hydrogens (tertiary/aromatic N) is 3. The molecule has 0 atom stereocenters. The van der Waals surface area contributed by atoms with Crippen molar-refractivity contribution in [2.75, 3.05) is 20.3 Å². The molecule has 0 N–H and O–H groups in total. The summed E-state index contributed by atoms with van der Waals surface area (Å²) in [5, 5.41) is 8.58. The molecule has 1 aromatic rings. The van der Waals surface area contributed by atoms with Crippen LogP contribution in [-0.2, 0) is 4.74 Å². The van der Waals surface area contributed by atoms with Crippen LogP contribution in [0.25, 0.3) is 0 Å². The maximum absolute atomic E-state index is 12.7. The van der Waals surface area contributed by atoms with Crippen LogP contribution in [-0.4, -0.2) is 35.7 Å². The van der Waals surface area contributed by atoms with Crippen LogP contribution >= 0.6 is 0 Å². The maximum atomic E-state index is 12.7. The van der Waals surface area contributed by atoms with E-state index in [1.54, 1.807) is 0 Å². The number of hydrogen-bond donors (Lipinski definition) is 0. The molecule has 0 spiro atoms. The van der Waals surface area contributed by atoms with Crippen LogP contribution in [0.1, 0.15) is 0 Å². The Balaban J connectivity index is 2.64. The molecule has 13 heavy (non-hydrogen) atoms. The van der Waals surface area contributed by atoms with Gasteiger partial charge in [0.1, 0.15) is 6.61 Å². The summed E-state index contributed by atoms with van der Waals surface area (Å²) < 4.78 is 34.6. The topological polar surface area (TPSA) is 57.1 Å². The Morgan fingerprint density at radius 2 is 1.77 bits per heavy atom. The highest BCUT2D eigenvalue weighted by Crippen LogP contribution is 2.15. The van der Waals surface area contributed by atoms with E-state index in [1.165, 1.54) is 7.11 Å². The van der Waals surface area contributed by atoms with Crippen molar-refractivity contribution in [2.45, 2.75) is 0 Å². The second kappa shape index (κ2) is 4.61. The second-order valence-corrected chi connectivity index (χ2v) is 2.04. The molecule has 1 rings (SSSR count). The molecular weight excluding hydrogens is 184 g/mol. The van der Waals surface area contributed by atoms with Crippen LogP contribution in [0.4, 0.5) is 8.78 Å². The van der Waals surface area contributed by atoms with Crippen molar-refractivity contribution in [1.82, 2.24) is 15.4 Å². The first-order valence-corrected chi connectivity index (χ1v) is 3.41. The maximum Gasteiger partial charge on any atom is 0.281 e. The Morgan fingerprint density at radius 1 is 1.15 bits per heavy atom. The van der Waals surface area contributed by atoms with E-state index in [9.17, 15) is 8.78 Å². The van der Waals surface area contributed by atoms with Crippen molar-refractivity contribution < 1.29 is 18.3 Å². The fourth-order valence-electron chi connectivity index (χ4n) is 0.623. The minimum atomic E-state index is -1.12. The molecule has 0 fully saturated rings. The van der Waals surface area contributed by atoms with E-state index in [2.05, 4.69) is 24.9 Å². The van der Waals surface area contributed by atoms with Crippen molar-refractivity contribution >= 4 is 0 Å². The third kappa shape index (κ3) is 2.55. The predicted molar refractivity (Wildman–Crippen MR) is 37.1 cm³/mol. The highest BCUT2D eigenvalue weighted by Gasteiger charge is 2.13. The zero-order valence-electron chi connectivity index (χ0n) is 6.83. The number of methoxy groups -OCH3 is 1. The standard InChI is InChI=1S/C6H7F2N3O2/c1-12-2-3-13-4-5(7)9-11-10-6(4)8/h2-3H2,1H3. The number of aromatic nitrogens is 3. The first kappa shape index (κ1) is 9.72. The molecule has 0 bridgehead atoms. The molecule has 0 aliphatic carbocycles. The van der Waals surface area contributed by atoms with Gasteiger partial charge < -0.3 is 9.47 Å². The third-order valence-corrected chi connectivity index (χ3v) is 1.17. The van der Waals surface area contributed by atoms with Gasteiger partial charge in [-0.15, -0.1) is 0 Å². The Morgan fingerprint density at radius 3 is 2.31 bits per heavy atom. The highest BCUT2D eigenvalue weighted by molar-refractivity contribution is 5.13. The molecule has 0 saturated heterocycles. The van der Waals surface area contributed by atoms with Gasteiger partial charge in [-0.3, -0.25) is 0 Å². The van der Waals surface area contributed by atoms with Gasteiger partial charge in [0.2, 0.25) is 5.75 Å². The summed E-state index contributed by atoms with van der Waals surface area (Å²) in [4.78, 5) is 0. The van der Waals surface area contributed by atoms with E-state index >= 15 is 0 Å². The van der Waals surface area contributed by atoms with Crippen LogP contribution < -0.4 is 4.74 Å². The molecule has 0 saturated carbocycles. The van der Waals surface area contributed by atoms with E-state index in [-0.39, 0.29) is 13.2 Å². The second-order valence-electron chi connectivity index (χ2n) is 2.04. The van der Waals surface area contributed by atoms with Crippen molar-refractivity contribution in [2.24, 2.45) is 0 Å². The van der Waals surface area contributed by atoms with E-state index < -0.39 is 17.6 Å². The van der Waals surface area contributed by atoms with Gasteiger partial charge in [-0.05, 0) is 5.21 Å². The van der Waals surface area contributed by atoms with E-state index in [1.807, 2.05) is 0 Å². The molecule has 72 valence electrons. The first-order chi connectivity index (χ1) is 6.25. The lowest BCUT2D eigenvalue weighted by Gasteiger charge is -2.04. The minimum absolute atomic E-state index is 0.0255. The molecule has 0 radical (unpaired) electrons. The SMILES string of the molecule is COCCOc1c(F)nnnc1F. The number of halogens is 2. The van der Waals surface area contributed by atoms with Crippen LogP contribution in [0.2, 0.25) is 0 Å². The van der Waals surface area contributed by atoms with E-state index in [0.29, 0.717) is 0 Å². The molecule has 1 aromatic heterocycles. The zero-order valence-corrected chi connectivity index (χ0v) is 6.83.